The Morgan fingerprint density at radius 3 is 2.53 bits per heavy atom. The van der Waals surface area contributed by atoms with E-state index in [-0.39, 0.29) is 5.82 Å². The number of benzene rings is 1. The van der Waals surface area contributed by atoms with Gasteiger partial charge in [-0.3, -0.25) is 0 Å². The Morgan fingerprint density at radius 2 is 1.82 bits per heavy atom. The monoisotopic (exact) mass is 359 g/mol. The van der Waals surface area contributed by atoms with Gasteiger partial charge in [0.25, 0.3) is 0 Å². The number of nitrogens with zero attached hydrogens (tertiary/aromatic N) is 1. The highest BCUT2D eigenvalue weighted by Gasteiger charge is 2.06. The number of hydrogen-bond donors (Lipinski definition) is 0. The van der Waals surface area contributed by atoms with Gasteiger partial charge in [0.2, 0.25) is 5.88 Å². The van der Waals surface area contributed by atoms with Crippen LogP contribution in [0, 0.1) is 12.7 Å². The van der Waals surface area contributed by atoms with Gasteiger partial charge < -0.3 is 4.74 Å². The molecule has 0 saturated heterocycles. The maximum Gasteiger partial charge on any atom is 0.219 e. The molecule has 17 heavy (non-hydrogen) atoms. The molecule has 0 unspecified atom stereocenters. The number of rotatable bonds is 2. The molecule has 0 fully saturated rings. The minimum Gasteiger partial charge on any atom is -0.438 e. The lowest BCUT2D eigenvalue weighted by atomic mass is 10.3. The number of aromatic nitrogens is 1. The molecule has 88 valence electrons. The minimum atomic E-state index is -0.350. The van der Waals surface area contributed by atoms with Crippen LogP contribution in [0.4, 0.5) is 4.39 Å². The van der Waals surface area contributed by atoms with Crippen LogP contribution in [-0.4, -0.2) is 4.98 Å². The molecule has 0 bridgehead atoms. The lowest BCUT2D eigenvalue weighted by molar-refractivity contribution is 0.454. The Morgan fingerprint density at radius 1 is 1.12 bits per heavy atom. The van der Waals surface area contributed by atoms with Gasteiger partial charge in [-0.15, -0.1) is 0 Å². The third-order valence-electron chi connectivity index (χ3n) is 2.10. The van der Waals surface area contributed by atoms with Crippen LogP contribution in [0.25, 0.3) is 0 Å². The van der Waals surface area contributed by atoms with Crippen molar-refractivity contribution >= 4 is 31.9 Å². The molecule has 0 N–H and O–H groups in total. The van der Waals surface area contributed by atoms with E-state index in [0.29, 0.717) is 16.1 Å². The third-order valence-corrected chi connectivity index (χ3v) is 3.60. The van der Waals surface area contributed by atoms with Crippen LogP contribution in [-0.2, 0) is 0 Å². The molecule has 0 aliphatic heterocycles. The number of hydrogen-bond acceptors (Lipinski definition) is 2. The average molecular weight is 361 g/mol. The van der Waals surface area contributed by atoms with Crippen LogP contribution in [0.3, 0.4) is 0 Å². The largest absolute Gasteiger partial charge is 0.438 e. The summed E-state index contributed by atoms with van der Waals surface area (Å²) in [6.07, 6.45) is 0. The molecule has 5 heteroatoms. The van der Waals surface area contributed by atoms with Crippen molar-refractivity contribution in [2.24, 2.45) is 0 Å². The van der Waals surface area contributed by atoms with Crippen LogP contribution in [0.1, 0.15) is 5.69 Å². The zero-order valence-corrected chi connectivity index (χ0v) is 12.0. The Labute approximate surface area is 115 Å². The van der Waals surface area contributed by atoms with Crippen molar-refractivity contribution in [2.45, 2.75) is 6.92 Å². The summed E-state index contributed by atoms with van der Waals surface area (Å²) in [6, 6.07) is 7.82. The molecular weight excluding hydrogens is 353 g/mol. The third kappa shape index (κ3) is 3.04. The summed E-state index contributed by atoms with van der Waals surface area (Å²) in [5.41, 5.74) is 0.815. The summed E-state index contributed by atoms with van der Waals surface area (Å²) in [4.78, 5) is 4.23. The van der Waals surface area contributed by atoms with Gasteiger partial charge in [-0.25, -0.2) is 9.37 Å². The number of ether oxygens (including phenoxy) is 1. The Hall–Kier alpha value is -0.940. The van der Waals surface area contributed by atoms with Gasteiger partial charge in [0.1, 0.15) is 11.6 Å². The number of pyridine rings is 1. The molecule has 2 nitrogen and oxygen atoms in total. The first kappa shape index (κ1) is 12.5. The molecule has 1 heterocycles. The number of aryl methyl sites for hydroxylation is 1. The molecule has 0 atom stereocenters. The summed E-state index contributed by atoms with van der Waals surface area (Å²) in [5, 5.41) is 0. The molecular formula is C12H8Br2FNO. The summed E-state index contributed by atoms with van der Waals surface area (Å²) < 4.78 is 20.2. The zero-order chi connectivity index (χ0) is 12.4. The van der Waals surface area contributed by atoms with E-state index in [0.717, 1.165) is 10.2 Å². The van der Waals surface area contributed by atoms with Gasteiger partial charge in [0, 0.05) is 16.6 Å². The van der Waals surface area contributed by atoms with Crippen LogP contribution in [0.5, 0.6) is 11.6 Å². The fourth-order valence-corrected chi connectivity index (χ4v) is 1.79. The topological polar surface area (TPSA) is 22.1 Å². The zero-order valence-electron chi connectivity index (χ0n) is 8.88. The molecule has 1 aromatic carbocycles. The Kier molecular flexibility index (Phi) is 3.79. The molecule has 1 aromatic heterocycles. The van der Waals surface area contributed by atoms with Gasteiger partial charge >= 0.3 is 0 Å². The summed E-state index contributed by atoms with van der Waals surface area (Å²) in [5.74, 6) is 0.480. The smallest absolute Gasteiger partial charge is 0.219 e. The normalized spacial score (nSPS) is 10.4. The van der Waals surface area contributed by atoms with E-state index >= 15 is 0 Å². The fourth-order valence-electron chi connectivity index (χ4n) is 1.25. The summed E-state index contributed by atoms with van der Waals surface area (Å²) >= 11 is 6.65. The van der Waals surface area contributed by atoms with E-state index in [4.69, 9.17) is 4.74 Å². The van der Waals surface area contributed by atoms with Gasteiger partial charge in [-0.2, -0.15) is 0 Å². The molecule has 0 amide bonds. The first-order chi connectivity index (χ1) is 8.06. The molecule has 0 aliphatic rings. The number of halogens is 3. The minimum absolute atomic E-state index is 0.350. The van der Waals surface area contributed by atoms with Crippen molar-refractivity contribution < 1.29 is 9.13 Å². The van der Waals surface area contributed by atoms with E-state index in [9.17, 15) is 4.39 Å². The molecule has 2 aromatic rings. The SMILES string of the molecule is Cc1nc(Oc2cc(F)ccc2Br)ccc1Br. The second-order valence-electron chi connectivity index (χ2n) is 3.39. The average Bonchev–Trinajstić information content (AvgIpc) is 2.29. The van der Waals surface area contributed by atoms with Crippen LogP contribution in [0.2, 0.25) is 0 Å². The fraction of sp³-hybridized carbons (Fsp3) is 0.0833. The Bertz CT molecular complexity index is 560. The highest BCUT2D eigenvalue weighted by Crippen LogP contribution is 2.30. The van der Waals surface area contributed by atoms with Crippen molar-refractivity contribution in [1.29, 1.82) is 0 Å². The first-order valence-corrected chi connectivity index (χ1v) is 6.41. The van der Waals surface area contributed by atoms with E-state index in [1.165, 1.54) is 12.1 Å². The molecule has 0 spiro atoms. The van der Waals surface area contributed by atoms with Crippen molar-refractivity contribution in [3.8, 4) is 11.6 Å². The van der Waals surface area contributed by atoms with Gasteiger partial charge in [0.05, 0.1) is 10.2 Å². The van der Waals surface area contributed by atoms with Crippen molar-refractivity contribution in [3.05, 3.63) is 50.8 Å². The maximum absolute atomic E-state index is 13.1. The second kappa shape index (κ2) is 5.14. The van der Waals surface area contributed by atoms with Crippen LogP contribution < -0.4 is 4.74 Å². The van der Waals surface area contributed by atoms with E-state index in [2.05, 4.69) is 36.8 Å². The van der Waals surface area contributed by atoms with Crippen LogP contribution >= 0.6 is 31.9 Å². The second-order valence-corrected chi connectivity index (χ2v) is 5.10. The lowest BCUT2D eigenvalue weighted by Gasteiger charge is -2.08. The van der Waals surface area contributed by atoms with Crippen molar-refractivity contribution in [2.75, 3.05) is 0 Å². The predicted octanol–water partition coefficient (Wildman–Crippen LogP) is 4.85. The maximum atomic E-state index is 13.1. The van der Waals surface area contributed by atoms with E-state index < -0.39 is 0 Å². The Balaban J connectivity index is 2.31. The molecule has 0 aliphatic carbocycles. The standard InChI is InChI=1S/C12H8Br2FNO/c1-7-9(13)4-5-12(16-7)17-11-6-8(15)2-3-10(11)14/h2-6H,1H3. The molecule has 0 saturated carbocycles. The highest BCUT2D eigenvalue weighted by molar-refractivity contribution is 9.10. The quantitative estimate of drug-likeness (QED) is 0.763. The van der Waals surface area contributed by atoms with Gasteiger partial charge in [-0.1, -0.05) is 0 Å². The van der Waals surface area contributed by atoms with Gasteiger partial charge in [-0.05, 0) is 57.0 Å². The van der Waals surface area contributed by atoms with Gasteiger partial charge in [0.15, 0.2) is 0 Å². The van der Waals surface area contributed by atoms with Crippen molar-refractivity contribution in [1.82, 2.24) is 4.98 Å². The van der Waals surface area contributed by atoms with Crippen molar-refractivity contribution in [3.63, 3.8) is 0 Å². The lowest BCUT2D eigenvalue weighted by Crippen LogP contribution is -1.92. The summed E-state index contributed by atoms with van der Waals surface area (Å²) in [6.45, 7) is 1.86. The van der Waals surface area contributed by atoms with E-state index in [1.54, 1.807) is 12.1 Å². The first-order valence-electron chi connectivity index (χ1n) is 4.82. The predicted molar refractivity (Wildman–Crippen MR) is 70.8 cm³/mol. The highest BCUT2D eigenvalue weighted by atomic mass is 79.9. The molecule has 0 radical (unpaired) electrons. The van der Waals surface area contributed by atoms with Crippen LogP contribution in [0.15, 0.2) is 39.3 Å². The van der Waals surface area contributed by atoms with E-state index in [1.807, 2.05) is 13.0 Å². The molecule has 2 rings (SSSR count). The summed E-state index contributed by atoms with van der Waals surface area (Å²) in [7, 11) is 0.